The molecule has 0 amide bonds. The number of halogens is 1. The van der Waals surface area contributed by atoms with E-state index in [1.54, 1.807) is 0 Å². The molecule has 3 unspecified atom stereocenters. The van der Waals surface area contributed by atoms with Crippen LogP contribution >= 0.6 is 15.9 Å². The zero-order valence-corrected chi connectivity index (χ0v) is 14.4. The molecule has 3 heteroatoms. The predicted molar refractivity (Wildman–Crippen MR) is 91.5 cm³/mol. The first-order valence-corrected chi connectivity index (χ1v) is 8.90. The van der Waals surface area contributed by atoms with Gasteiger partial charge in [0.1, 0.15) is 11.3 Å². The highest BCUT2D eigenvalue weighted by Gasteiger charge is 2.23. The zero-order valence-electron chi connectivity index (χ0n) is 12.9. The highest BCUT2D eigenvalue weighted by Crippen LogP contribution is 2.30. The predicted octanol–water partition coefficient (Wildman–Crippen LogP) is 5.81. The Balaban J connectivity index is 1.70. The van der Waals surface area contributed by atoms with Gasteiger partial charge in [-0.15, -0.1) is 0 Å². The van der Waals surface area contributed by atoms with Crippen molar-refractivity contribution >= 4 is 26.9 Å². The van der Waals surface area contributed by atoms with Crippen LogP contribution in [0.2, 0.25) is 0 Å². The standard InChI is InChI=1S/C18H24BrNO/c1-3-13-5-4-6-16(9-13)20-12(2)18-11-14-10-15(19)7-8-17(14)21-18/h7-8,10-13,16,20H,3-6,9H2,1-2H3. The maximum absolute atomic E-state index is 6.00. The van der Waals surface area contributed by atoms with E-state index in [1.165, 1.54) is 37.5 Å². The van der Waals surface area contributed by atoms with Crippen LogP contribution in [0.15, 0.2) is 33.2 Å². The van der Waals surface area contributed by atoms with Gasteiger partial charge in [0, 0.05) is 15.9 Å². The minimum absolute atomic E-state index is 0.275. The summed E-state index contributed by atoms with van der Waals surface area (Å²) in [5.41, 5.74) is 0.969. The third-order valence-corrected chi connectivity index (χ3v) is 5.26. The van der Waals surface area contributed by atoms with E-state index < -0.39 is 0 Å². The minimum Gasteiger partial charge on any atom is -0.459 e. The molecule has 3 atom stereocenters. The molecule has 3 rings (SSSR count). The SMILES string of the molecule is CCC1CCCC(NC(C)c2cc3cc(Br)ccc3o2)C1. The molecule has 0 aliphatic heterocycles. The van der Waals surface area contributed by atoms with E-state index in [0.29, 0.717) is 6.04 Å². The first-order valence-electron chi connectivity index (χ1n) is 8.10. The second-order valence-electron chi connectivity index (χ2n) is 6.36. The van der Waals surface area contributed by atoms with Crippen LogP contribution in [-0.2, 0) is 0 Å². The highest BCUT2D eigenvalue weighted by molar-refractivity contribution is 9.10. The van der Waals surface area contributed by atoms with E-state index in [-0.39, 0.29) is 6.04 Å². The fourth-order valence-electron chi connectivity index (χ4n) is 3.50. The molecule has 21 heavy (non-hydrogen) atoms. The van der Waals surface area contributed by atoms with Crippen molar-refractivity contribution in [3.8, 4) is 0 Å². The van der Waals surface area contributed by atoms with Crippen molar-refractivity contribution in [2.75, 3.05) is 0 Å². The maximum Gasteiger partial charge on any atom is 0.134 e. The molecule has 1 N–H and O–H groups in total. The Labute approximate surface area is 135 Å². The van der Waals surface area contributed by atoms with Gasteiger partial charge in [0.15, 0.2) is 0 Å². The Morgan fingerprint density at radius 2 is 2.19 bits per heavy atom. The summed E-state index contributed by atoms with van der Waals surface area (Å²) < 4.78 is 7.09. The van der Waals surface area contributed by atoms with Crippen LogP contribution in [-0.4, -0.2) is 6.04 Å². The van der Waals surface area contributed by atoms with E-state index in [4.69, 9.17) is 4.42 Å². The number of benzene rings is 1. The lowest BCUT2D eigenvalue weighted by molar-refractivity contribution is 0.258. The average molecular weight is 350 g/mol. The van der Waals surface area contributed by atoms with E-state index in [0.717, 1.165) is 21.7 Å². The van der Waals surface area contributed by atoms with Gasteiger partial charge < -0.3 is 9.73 Å². The van der Waals surface area contributed by atoms with E-state index in [1.807, 2.05) is 12.1 Å². The van der Waals surface area contributed by atoms with Crippen LogP contribution in [0, 0.1) is 5.92 Å². The maximum atomic E-state index is 6.00. The average Bonchev–Trinajstić information content (AvgIpc) is 2.90. The lowest BCUT2D eigenvalue weighted by Crippen LogP contribution is -2.35. The Morgan fingerprint density at radius 1 is 1.33 bits per heavy atom. The monoisotopic (exact) mass is 349 g/mol. The fourth-order valence-corrected chi connectivity index (χ4v) is 3.88. The molecule has 1 aliphatic rings. The molecular formula is C18H24BrNO. The van der Waals surface area contributed by atoms with Crippen LogP contribution in [0.25, 0.3) is 11.0 Å². The van der Waals surface area contributed by atoms with Gasteiger partial charge >= 0.3 is 0 Å². The number of furan rings is 1. The van der Waals surface area contributed by atoms with Crippen LogP contribution in [0.5, 0.6) is 0 Å². The third-order valence-electron chi connectivity index (χ3n) is 4.77. The molecule has 2 aromatic rings. The summed E-state index contributed by atoms with van der Waals surface area (Å²) in [7, 11) is 0. The summed E-state index contributed by atoms with van der Waals surface area (Å²) in [6.07, 6.45) is 6.68. The number of hydrogen-bond donors (Lipinski definition) is 1. The van der Waals surface area contributed by atoms with Crippen molar-refractivity contribution in [3.05, 3.63) is 34.5 Å². The van der Waals surface area contributed by atoms with Crippen LogP contribution in [0.4, 0.5) is 0 Å². The lowest BCUT2D eigenvalue weighted by atomic mass is 9.84. The molecule has 1 aliphatic carbocycles. The lowest BCUT2D eigenvalue weighted by Gasteiger charge is -2.31. The van der Waals surface area contributed by atoms with Gasteiger partial charge in [-0.3, -0.25) is 0 Å². The number of rotatable bonds is 4. The van der Waals surface area contributed by atoms with E-state index in [9.17, 15) is 0 Å². The summed E-state index contributed by atoms with van der Waals surface area (Å²) >= 11 is 3.52. The second kappa shape index (κ2) is 6.53. The van der Waals surface area contributed by atoms with Crippen molar-refractivity contribution in [1.82, 2.24) is 5.32 Å². The molecule has 0 saturated heterocycles. The molecule has 114 valence electrons. The largest absolute Gasteiger partial charge is 0.459 e. The van der Waals surface area contributed by atoms with Crippen molar-refractivity contribution in [1.29, 1.82) is 0 Å². The first kappa shape index (κ1) is 15.1. The molecule has 0 bridgehead atoms. The highest BCUT2D eigenvalue weighted by atomic mass is 79.9. The smallest absolute Gasteiger partial charge is 0.134 e. The van der Waals surface area contributed by atoms with Gasteiger partial charge in [0.25, 0.3) is 0 Å². The quantitative estimate of drug-likeness (QED) is 0.752. The van der Waals surface area contributed by atoms with Crippen molar-refractivity contribution in [2.24, 2.45) is 5.92 Å². The van der Waals surface area contributed by atoms with Gasteiger partial charge in [-0.2, -0.15) is 0 Å². The summed E-state index contributed by atoms with van der Waals surface area (Å²) in [6.45, 7) is 4.52. The van der Waals surface area contributed by atoms with Gasteiger partial charge in [-0.1, -0.05) is 42.1 Å². The fraction of sp³-hybridized carbons (Fsp3) is 0.556. The van der Waals surface area contributed by atoms with Crippen molar-refractivity contribution in [2.45, 2.75) is 58.0 Å². The molecule has 1 fully saturated rings. The zero-order chi connectivity index (χ0) is 14.8. The van der Waals surface area contributed by atoms with Crippen molar-refractivity contribution < 1.29 is 4.42 Å². The van der Waals surface area contributed by atoms with E-state index >= 15 is 0 Å². The molecule has 1 heterocycles. The van der Waals surface area contributed by atoms with Crippen LogP contribution in [0.3, 0.4) is 0 Å². The Morgan fingerprint density at radius 3 is 3.00 bits per heavy atom. The van der Waals surface area contributed by atoms with Gasteiger partial charge in [-0.05, 0) is 49.9 Å². The number of hydrogen-bond acceptors (Lipinski definition) is 2. The molecule has 1 aromatic heterocycles. The Bertz CT molecular complexity index is 606. The van der Waals surface area contributed by atoms with Crippen LogP contribution < -0.4 is 5.32 Å². The molecule has 0 spiro atoms. The normalized spacial score (nSPS) is 24.3. The van der Waals surface area contributed by atoms with E-state index in [2.05, 4.69) is 47.2 Å². The second-order valence-corrected chi connectivity index (χ2v) is 7.27. The summed E-state index contributed by atoms with van der Waals surface area (Å²) in [5.74, 6) is 1.94. The molecule has 0 radical (unpaired) electrons. The summed E-state index contributed by atoms with van der Waals surface area (Å²) in [4.78, 5) is 0. The minimum atomic E-state index is 0.275. The molecule has 2 nitrogen and oxygen atoms in total. The molecule has 1 saturated carbocycles. The first-order chi connectivity index (χ1) is 10.2. The summed E-state index contributed by atoms with van der Waals surface area (Å²) in [6, 6.07) is 9.25. The molecular weight excluding hydrogens is 326 g/mol. The van der Waals surface area contributed by atoms with Gasteiger partial charge in [0.2, 0.25) is 0 Å². The van der Waals surface area contributed by atoms with Gasteiger partial charge in [0.05, 0.1) is 6.04 Å². The third kappa shape index (κ3) is 3.51. The van der Waals surface area contributed by atoms with Crippen molar-refractivity contribution in [3.63, 3.8) is 0 Å². The number of nitrogens with one attached hydrogen (secondary N) is 1. The number of fused-ring (bicyclic) bond motifs is 1. The topological polar surface area (TPSA) is 25.2 Å². The Hall–Kier alpha value is -0.800. The Kier molecular flexibility index (Phi) is 4.70. The van der Waals surface area contributed by atoms with Gasteiger partial charge in [-0.25, -0.2) is 0 Å². The molecule has 1 aromatic carbocycles. The van der Waals surface area contributed by atoms with Crippen LogP contribution in [0.1, 0.15) is 57.8 Å². The summed E-state index contributed by atoms with van der Waals surface area (Å²) in [5, 5.41) is 4.94.